The van der Waals surface area contributed by atoms with Gasteiger partial charge in [-0.2, -0.15) is 0 Å². The number of hydrogen-bond acceptors (Lipinski definition) is 3. The average Bonchev–Trinajstić information content (AvgIpc) is 3.07. The van der Waals surface area contributed by atoms with Crippen LogP contribution in [-0.4, -0.2) is 35.9 Å². The molecule has 27 heavy (non-hydrogen) atoms. The maximum Gasteiger partial charge on any atom is 0.314 e. The van der Waals surface area contributed by atoms with Crippen LogP contribution in [0.15, 0.2) is 54.7 Å². The summed E-state index contributed by atoms with van der Waals surface area (Å²) in [7, 11) is 3.61. The molecule has 1 aromatic heterocycles. The lowest BCUT2D eigenvalue weighted by atomic mass is 10.1. The quantitative estimate of drug-likeness (QED) is 0.601. The lowest BCUT2D eigenvalue weighted by Crippen LogP contribution is -2.38. The Kier molecular flexibility index (Phi) is 5.98. The van der Waals surface area contributed by atoms with Crippen LogP contribution in [0.3, 0.4) is 0 Å². The number of methoxy groups -OCH3 is 1. The van der Waals surface area contributed by atoms with Gasteiger partial charge in [0.2, 0.25) is 0 Å². The van der Waals surface area contributed by atoms with E-state index in [0.717, 1.165) is 34.2 Å². The molecule has 0 bridgehead atoms. The number of carbonyl (C=O) groups is 1. The van der Waals surface area contributed by atoms with E-state index in [4.69, 9.17) is 4.74 Å². The number of carbonyl (C=O) groups excluding carboxylic acids is 1. The number of rotatable bonds is 7. The van der Waals surface area contributed by atoms with E-state index in [1.54, 1.807) is 7.11 Å². The van der Waals surface area contributed by atoms with Crippen molar-refractivity contribution >= 4 is 16.9 Å². The number of ether oxygens (including phenoxy) is 1. The molecule has 0 aliphatic rings. The van der Waals surface area contributed by atoms with Gasteiger partial charge < -0.3 is 25.0 Å². The van der Waals surface area contributed by atoms with E-state index < -0.39 is 6.10 Å². The van der Waals surface area contributed by atoms with Crippen LogP contribution in [0.25, 0.3) is 10.9 Å². The van der Waals surface area contributed by atoms with Crippen LogP contribution in [-0.2, 0) is 13.5 Å². The van der Waals surface area contributed by atoms with Crippen LogP contribution in [0.5, 0.6) is 5.75 Å². The van der Waals surface area contributed by atoms with Crippen molar-refractivity contribution in [1.82, 2.24) is 15.2 Å². The molecule has 0 fully saturated rings. The number of hydrogen-bond donors (Lipinski definition) is 3. The zero-order valence-corrected chi connectivity index (χ0v) is 15.6. The van der Waals surface area contributed by atoms with Crippen LogP contribution in [0.2, 0.25) is 0 Å². The van der Waals surface area contributed by atoms with Crippen molar-refractivity contribution in [2.45, 2.75) is 12.5 Å². The van der Waals surface area contributed by atoms with Crippen LogP contribution in [0.1, 0.15) is 17.2 Å². The lowest BCUT2D eigenvalue weighted by molar-refractivity contribution is 0.173. The Hall–Kier alpha value is -2.99. The van der Waals surface area contributed by atoms with E-state index in [0.29, 0.717) is 6.54 Å². The Bertz CT molecular complexity index is 903. The van der Waals surface area contributed by atoms with Gasteiger partial charge in [0, 0.05) is 31.9 Å². The third-order valence-electron chi connectivity index (χ3n) is 4.61. The summed E-state index contributed by atoms with van der Waals surface area (Å²) in [6, 6.07) is 15.3. The summed E-state index contributed by atoms with van der Waals surface area (Å²) in [4.78, 5) is 11.9. The molecule has 6 nitrogen and oxygen atoms in total. The summed E-state index contributed by atoms with van der Waals surface area (Å²) in [6.07, 6.45) is 1.96. The Morgan fingerprint density at radius 1 is 1.15 bits per heavy atom. The molecule has 1 atom stereocenters. The van der Waals surface area contributed by atoms with Gasteiger partial charge >= 0.3 is 6.03 Å². The van der Waals surface area contributed by atoms with Gasteiger partial charge in [0.25, 0.3) is 0 Å². The number of nitrogens with one attached hydrogen (secondary N) is 2. The number of aliphatic hydroxyl groups excluding tert-OH is 1. The number of nitrogens with zero attached hydrogens (tertiary/aromatic N) is 1. The fraction of sp³-hybridized carbons (Fsp3) is 0.286. The lowest BCUT2D eigenvalue weighted by Gasteiger charge is -2.13. The van der Waals surface area contributed by atoms with Crippen LogP contribution in [0, 0.1) is 0 Å². The van der Waals surface area contributed by atoms with Gasteiger partial charge in [-0.3, -0.25) is 0 Å². The van der Waals surface area contributed by atoms with Crippen molar-refractivity contribution in [1.29, 1.82) is 0 Å². The molecule has 142 valence electrons. The van der Waals surface area contributed by atoms with Gasteiger partial charge in [0.15, 0.2) is 0 Å². The fourth-order valence-corrected chi connectivity index (χ4v) is 2.99. The smallest absolute Gasteiger partial charge is 0.314 e. The molecule has 6 heteroatoms. The van der Waals surface area contributed by atoms with Crippen molar-refractivity contribution in [2.24, 2.45) is 7.05 Å². The normalized spacial score (nSPS) is 12.0. The molecular weight excluding hydrogens is 342 g/mol. The zero-order chi connectivity index (χ0) is 19.2. The number of aryl methyl sites for hydroxylation is 1. The van der Waals surface area contributed by atoms with Gasteiger partial charge in [-0.05, 0) is 53.3 Å². The van der Waals surface area contributed by atoms with Crippen molar-refractivity contribution in [3.8, 4) is 5.75 Å². The first kappa shape index (κ1) is 18.8. The molecule has 3 aromatic rings. The van der Waals surface area contributed by atoms with Crippen LogP contribution < -0.4 is 15.4 Å². The van der Waals surface area contributed by atoms with Crippen molar-refractivity contribution in [3.63, 3.8) is 0 Å². The Morgan fingerprint density at radius 3 is 2.67 bits per heavy atom. The molecule has 2 amide bonds. The molecule has 0 radical (unpaired) electrons. The molecule has 3 rings (SSSR count). The highest BCUT2D eigenvalue weighted by Crippen LogP contribution is 2.20. The minimum absolute atomic E-state index is 0.159. The number of aliphatic hydroxyl groups is 1. The molecule has 0 aliphatic heterocycles. The largest absolute Gasteiger partial charge is 0.497 e. The highest BCUT2D eigenvalue weighted by Gasteiger charge is 2.11. The van der Waals surface area contributed by atoms with E-state index in [1.165, 1.54) is 0 Å². The highest BCUT2D eigenvalue weighted by molar-refractivity contribution is 5.81. The third-order valence-corrected chi connectivity index (χ3v) is 4.61. The summed E-state index contributed by atoms with van der Waals surface area (Å²) < 4.78 is 7.15. The van der Waals surface area contributed by atoms with Gasteiger partial charge in [-0.15, -0.1) is 0 Å². The number of urea groups is 1. The van der Waals surface area contributed by atoms with E-state index >= 15 is 0 Å². The zero-order valence-electron chi connectivity index (χ0n) is 15.6. The second kappa shape index (κ2) is 8.60. The van der Waals surface area contributed by atoms with Gasteiger partial charge in [-0.1, -0.05) is 18.2 Å². The van der Waals surface area contributed by atoms with Gasteiger partial charge in [-0.25, -0.2) is 4.79 Å². The van der Waals surface area contributed by atoms with Gasteiger partial charge in [0.05, 0.1) is 13.2 Å². The van der Waals surface area contributed by atoms with E-state index in [9.17, 15) is 9.90 Å². The van der Waals surface area contributed by atoms with Gasteiger partial charge in [0.1, 0.15) is 5.75 Å². The summed E-state index contributed by atoms with van der Waals surface area (Å²) in [5.74, 6) is 0.812. The predicted octanol–water partition coefficient (Wildman–Crippen LogP) is 2.76. The monoisotopic (exact) mass is 367 g/mol. The second-order valence-electron chi connectivity index (χ2n) is 6.50. The molecule has 0 saturated carbocycles. The Morgan fingerprint density at radius 2 is 1.93 bits per heavy atom. The van der Waals surface area contributed by atoms with Crippen molar-refractivity contribution in [3.05, 3.63) is 65.9 Å². The van der Waals surface area contributed by atoms with E-state index in [1.807, 2.05) is 66.3 Å². The van der Waals surface area contributed by atoms with Crippen LogP contribution in [0.4, 0.5) is 4.79 Å². The SMILES string of the molecule is COc1ccc(CCNC(=O)NCC(O)c2ccc3c(ccn3C)c2)cc1. The maximum absolute atomic E-state index is 11.9. The molecule has 0 saturated heterocycles. The second-order valence-corrected chi connectivity index (χ2v) is 6.50. The van der Waals surface area contributed by atoms with Crippen LogP contribution >= 0.6 is 0 Å². The topological polar surface area (TPSA) is 75.5 Å². The summed E-state index contributed by atoms with van der Waals surface area (Å²) in [5.41, 5.74) is 3.01. The number of aromatic nitrogens is 1. The molecule has 0 aliphatic carbocycles. The molecule has 2 aromatic carbocycles. The van der Waals surface area contributed by atoms with Crippen molar-refractivity contribution in [2.75, 3.05) is 20.2 Å². The minimum Gasteiger partial charge on any atom is -0.497 e. The first-order valence-electron chi connectivity index (χ1n) is 8.94. The molecular formula is C21H25N3O3. The fourth-order valence-electron chi connectivity index (χ4n) is 2.99. The molecule has 0 spiro atoms. The van der Waals surface area contributed by atoms with E-state index in [-0.39, 0.29) is 12.6 Å². The summed E-state index contributed by atoms with van der Waals surface area (Å²) >= 11 is 0. The highest BCUT2D eigenvalue weighted by atomic mass is 16.5. The first-order valence-corrected chi connectivity index (χ1v) is 8.94. The number of fused-ring (bicyclic) bond motifs is 1. The average molecular weight is 367 g/mol. The summed E-state index contributed by atoms with van der Waals surface area (Å²) in [5, 5.41) is 16.9. The summed E-state index contributed by atoms with van der Waals surface area (Å²) in [6.45, 7) is 0.678. The first-order chi connectivity index (χ1) is 13.1. The Labute approximate surface area is 158 Å². The third kappa shape index (κ3) is 4.80. The minimum atomic E-state index is -0.748. The van der Waals surface area contributed by atoms with E-state index in [2.05, 4.69) is 10.6 Å². The Balaban J connectivity index is 1.43. The molecule has 1 unspecified atom stereocenters. The molecule has 1 heterocycles. The standard InChI is InChI=1S/C21H25N3O3/c1-24-12-10-16-13-17(5-8-19(16)24)20(25)14-23-21(26)22-11-9-15-3-6-18(27-2)7-4-15/h3-8,10,12-13,20,25H,9,11,14H2,1-2H3,(H2,22,23,26). The maximum atomic E-state index is 11.9. The number of benzene rings is 2. The molecule has 3 N–H and O–H groups in total. The predicted molar refractivity (Wildman–Crippen MR) is 106 cm³/mol. The van der Waals surface area contributed by atoms with Crippen molar-refractivity contribution < 1.29 is 14.6 Å². The number of amides is 2.